The van der Waals surface area contributed by atoms with Crippen LogP contribution < -0.4 is 0 Å². The molecule has 3 aromatic heterocycles. The zero-order valence-corrected chi connectivity index (χ0v) is 26.5. The highest BCUT2D eigenvalue weighted by Gasteiger charge is 2.17. The zero-order valence-electron chi connectivity index (χ0n) is 40.5. The molecule has 0 bridgehead atoms. The fourth-order valence-corrected chi connectivity index (χ4v) is 7.14. The molecule has 3 nitrogen and oxygen atoms in total. The fourth-order valence-electron chi connectivity index (χ4n) is 7.14. The van der Waals surface area contributed by atoms with E-state index >= 15 is 0 Å². The van der Waals surface area contributed by atoms with Crippen molar-refractivity contribution in [2.24, 2.45) is 0 Å². The number of furan rings is 1. The standard InChI is InChI=1S/C48H30N2O/c1-2-11-34(12-3-1)49-43-18-7-4-13-37(43)41-29-32(23-27-45(41)49)33-24-28-46-42(30-33)38-14-5-8-19-44(38)50(46)35-25-21-31(22-26-35)36-16-10-17-40-39-15-6-9-20-47(39)51-48(36)40/h1-30H/i4D,5D,7D,8D,13D,14D,18D,19D,23D,24D,27D,28D,29D,30D. The van der Waals surface area contributed by atoms with Crippen LogP contribution >= 0.6 is 0 Å². The van der Waals surface area contributed by atoms with E-state index in [2.05, 4.69) is 0 Å². The van der Waals surface area contributed by atoms with E-state index in [1.807, 2.05) is 54.6 Å². The Balaban J connectivity index is 1.22. The van der Waals surface area contributed by atoms with E-state index in [0.29, 0.717) is 17.0 Å². The minimum absolute atomic E-state index is 0.0380. The van der Waals surface area contributed by atoms with Gasteiger partial charge in [-0.3, -0.25) is 0 Å². The summed E-state index contributed by atoms with van der Waals surface area (Å²) < 4.78 is 137. The summed E-state index contributed by atoms with van der Waals surface area (Å²) in [6.45, 7) is 0. The Labute approximate surface area is 313 Å². The molecule has 51 heavy (non-hydrogen) atoms. The van der Waals surface area contributed by atoms with Crippen molar-refractivity contribution >= 4 is 65.6 Å². The van der Waals surface area contributed by atoms with Crippen molar-refractivity contribution in [1.82, 2.24) is 9.13 Å². The first-order valence-electron chi connectivity index (χ1n) is 23.3. The minimum atomic E-state index is -0.621. The fraction of sp³-hybridized carbons (Fsp3) is 0. The SMILES string of the molecule is [2H]c1c([2H])c([2H])c2c(c1[2H])c1c([2H])c(-c3c([2H])c([2H])c4c(c3[2H])c3c([2H])c([2H])c([2H])c([2H])c3n4-c3ccc(-c4cccc5c4oc4ccccc45)cc3)c([2H])c([2H])c1n2-c1ccccc1. The van der Waals surface area contributed by atoms with Crippen LogP contribution in [-0.4, -0.2) is 9.13 Å². The van der Waals surface area contributed by atoms with Crippen molar-refractivity contribution in [3.63, 3.8) is 0 Å². The summed E-state index contributed by atoms with van der Waals surface area (Å²) in [6.07, 6.45) is 0. The van der Waals surface area contributed by atoms with Gasteiger partial charge < -0.3 is 13.6 Å². The van der Waals surface area contributed by atoms with E-state index < -0.39 is 95.7 Å². The summed E-state index contributed by atoms with van der Waals surface area (Å²) >= 11 is 0. The van der Waals surface area contributed by atoms with E-state index in [9.17, 15) is 8.22 Å². The number of para-hydroxylation sites is 5. The topological polar surface area (TPSA) is 23.0 Å². The van der Waals surface area contributed by atoms with Crippen molar-refractivity contribution < 1.29 is 23.6 Å². The monoisotopic (exact) mass is 664 g/mol. The first-order valence-corrected chi connectivity index (χ1v) is 16.3. The van der Waals surface area contributed by atoms with E-state index in [0.717, 1.165) is 27.5 Å². The molecule has 8 aromatic carbocycles. The minimum Gasteiger partial charge on any atom is -0.455 e. The molecule has 0 atom stereocenters. The molecule has 0 saturated carbocycles. The maximum absolute atomic E-state index is 9.81. The van der Waals surface area contributed by atoms with Crippen LogP contribution in [0.4, 0.5) is 0 Å². The predicted molar refractivity (Wildman–Crippen MR) is 213 cm³/mol. The lowest BCUT2D eigenvalue weighted by molar-refractivity contribution is 0.670. The molecule has 0 N–H and O–H groups in total. The van der Waals surface area contributed by atoms with Gasteiger partial charge in [-0.1, -0.05) is 115 Å². The lowest BCUT2D eigenvalue weighted by Crippen LogP contribution is -1.94. The average molecular weight is 665 g/mol. The van der Waals surface area contributed by atoms with E-state index in [1.54, 1.807) is 42.5 Å². The van der Waals surface area contributed by atoms with Crippen LogP contribution in [0.1, 0.15) is 19.2 Å². The van der Waals surface area contributed by atoms with Crippen LogP contribution in [0.5, 0.6) is 0 Å². The Morgan fingerprint density at radius 3 is 1.61 bits per heavy atom. The van der Waals surface area contributed by atoms with Gasteiger partial charge in [-0.05, 0) is 83.3 Å². The van der Waals surface area contributed by atoms with Gasteiger partial charge in [0.2, 0.25) is 0 Å². The molecule has 3 heterocycles. The highest BCUT2D eigenvalue weighted by molar-refractivity contribution is 6.13. The van der Waals surface area contributed by atoms with Crippen LogP contribution in [0.2, 0.25) is 0 Å². The number of hydrogen-bond acceptors (Lipinski definition) is 1. The summed E-state index contributed by atoms with van der Waals surface area (Å²) in [6, 6.07) is 21.6. The second-order valence-corrected chi connectivity index (χ2v) is 12.2. The smallest absolute Gasteiger partial charge is 0.143 e. The number of benzene rings is 8. The molecule has 0 saturated heterocycles. The third-order valence-electron chi connectivity index (χ3n) is 9.42. The molecule has 0 aliphatic heterocycles. The third-order valence-corrected chi connectivity index (χ3v) is 9.42. The van der Waals surface area contributed by atoms with Gasteiger partial charge in [-0.15, -0.1) is 0 Å². The lowest BCUT2D eigenvalue weighted by Gasteiger charge is -2.10. The molecule has 0 radical (unpaired) electrons. The maximum Gasteiger partial charge on any atom is 0.143 e. The number of nitrogens with zero attached hydrogens (tertiary/aromatic N) is 2. The highest BCUT2D eigenvalue weighted by atomic mass is 16.3. The summed E-state index contributed by atoms with van der Waals surface area (Å²) in [5, 5.41) is 1.39. The Morgan fingerprint density at radius 2 is 0.941 bits per heavy atom. The average Bonchev–Trinajstić information content (AvgIpc) is 4.01. The van der Waals surface area contributed by atoms with Gasteiger partial charge in [0, 0.05) is 49.3 Å². The van der Waals surface area contributed by atoms with Crippen LogP contribution in [0, 0.1) is 0 Å². The van der Waals surface area contributed by atoms with E-state index in [1.165, 1.54) is 9.13 Å². The van der Waals surface area contributed by atoms with Gasteiger partial charge >= 0.3 is 0 Å². The molecular formula is C48H30N2O. The van der Waals surface area contributed by atoms with Gasteiger partial charge in [0.25, 0.3) is 0 Å². The first kappa shape index (κ1) is 17.7. The Morgan fingerprint density at radius 1 is 0.392 bits per heavy atom. The Kier molecular flexibility index (Phi) is 3.76. The summed E-state index contributed by atoms with van der Waals surface area (Å²) in [5.41, 5.74) is 2.64. The van der Waals surface area contributed by atoms with Gasteiger partial charge in [-0.2, -0.15) is 0 Å². The summed E-state index contributed by atoms with van der Waals surface area (Å²) in [5.74, 6) is 0. The molecule has 238 valence electrons. The highest BCUT2D eigenvalue weighted by Crippen LogP contribution is 2.40. The van der Waals surface area contributed by atoms with Crippen molar-refractivity contribution in [3.8, 4) is 33.6 Å². The normalized spacial score (nSPS) is 15.8. The molecule has 0 amide bonds. The molecule has 11 rings (SSSR count). The molecule has 0 aliphatic rings. The van der Waals surface area contributed by atoms with Gasteiger partial charge in [-0.25, -0.2) is 0 Å². The predicted octanol–water partition coefficient (Wildman–Crippen LogP) is 13.1. The number of fused-ring (bicyclic) bond motifs is 9. The number of aromatic nitrogens is 2. The molecule has 0 spiro atoms. The van der Waals surface area contributed by atoms with E-state index in [-0.39, 0.29) is 43.6 Å². The van der Waals surface area contributed by atoms with Crippen molar-refractivity contribution in [2.75, 3.05) is 0 Å². The third kappa shape index (κ3) is 4.19. The second kappa shape index (κ2) is 10.8. The molecular weight excluding hydrogens is 621 g/mol. The van der Waals surface area contributed by atoms with Crippen LogP contribution in [-0.2, 0) is 0 Å². The molecule has 0 aliphatic carbocycles. The number of rotatable bonds is 4. The van der Waals surface area contributed by atoms with Crippen molar-refractivity contribution in [1.29, 1.82) is 0 Å². The largest absolute Gasteiger partial charge is 0.455 e. The lowest BCUT2D eigenvalue weighted by atomic mass is 10.0. The molecule has 3 heteroatoms. The molecule has 0 fully saturated rings. The van der Waals surface area contributed by atoms with Gasteiger partial charge in [0.05, 0.1) is 41.3 Å². The first-order chi connectivity index (χ1) is 31.1. The Bertz CT molecular complexity index is 3930. The maximum atomic E-state index is 9.81. The van der Waals surface area contributed by atoms with Crippen LogP contribution in [0.25, 0.3) is 99.2 Å². The molecule has 11 aromatic rings. The van der Waals surface area contributed by atoms with Crippen molar-refractivity contribution in [2.45, 2.75) is 0 Å². The zero-order chi connectivity index (χ0) is 45.7. The van der Waals surface area contributed by atoms with E-state index in [4.69, 9.17) is 15.4 Å². The van der Waals surface area contributed by atoms with Crippen LogP contribution in [0.3, 0.4) is 0 Å². The van der Waals surface area contributed by atoms with Crippen molar-refractivity contribution in [3.05, 3.63) is 182 Å². The van der Waals surface area contributed by atoms with Crippen LogP contribution in [0.15, 0.2) is 186 Å². The van der Waals surface area contributed by atoms with Gasteiger partial charge in [0.15, 0.2) is 0 Å². The molecule has 0 unspecified atom stereocenters. The summed E-state index contributed by atoms with van der Waals surface area (Å²) in [4.78, 5) is 0. The number of hydrogen-bond donors (Lipinski definition) is 0. The quantitative estimate of drug-likeness (QED) is 0.184. The van der Waals surface area contributed by atoms with Gasteiger partial charge in [0.1, 0.15) is 11.2 Å². The Hall–Kier alpha value is -6.84. The second-order valence-electron chi connectivity index (χ2n) is 12.2. The summed E-state index contributed by atoms with van der Waals surface area (Å²) in [7, 11) is 0.